The van der Waals surface area contributed by atoms with E-state index < -0.39 is 0 Å². The third kappa shape index (κ3) is 6.93. The summed E-state index contributed by atoms with van der Waals surface area (Å²) in [6.45, 7) is 0. The van der Waals surface area contributed by atoms with Crippen LogP contribution in [0.1, 0.15) is 0 Å². The summed E-state index contributed by atoms with van der Waals surface area (Å²) in [6, 6.07) is 98.5. The van der Waals surface area contributed by atoms with Gasteiger partial charge in [-0.05, 0) is 90.0 Å². The van der Waals surface area contributed by atoms with E-state index >= 15 is 0 Å². The summed E-state index contributed by atoms with van der Waals surface area (Å²) in [6.07, 6.45) is 0. The van der Waals surface area contributed by atoms with Crippen molar-refractivity contribution in [1.82, 2.24) is 23.7 Å². The molecule has 0 radical (unpaired) electrons. The van der Waals surface area contributed by atoms with Gasteiger partial charge in [0.15, 0.2) is 5.82 Å². The fourth-order valence-electron chi connectivity index (χ4n) is 11.7. The van der Waals surface area contributed by atoms with Crippen LogP contribution in [-0.4, -0.2) is 23.7 Å². The zero-order valence-corrected chi connectivity index (χ0v) is 40.7. The molecule has 0 spiro atoms. The lowest BCUT2D eigenvalue weighted by Crippen LogP contribution is -2.03. The quantitative estimate of drug-likeness (QED) is 0.152. The van der Waals surface area contributed by atoms with Crippen molar-refractivity contribution in [2.45, 2.75) is 0 Å². The smallest absolute Gasteiger partial charge is 0.160 e. The van der Waals surface area contributed by atoms with E-state index in [1.807, 2.05) is 24.3 Å². The number of hydrogen-bond donors (Lipinski definition) is 0. The van der Waals surface area contributed by atoms with Crippen molar-refractivity contribution in [3.05, 3.63) is 273 Å². The summed E-state index contributed by atoms with van der Waals surface area (Å²) in [5.41, 5.74) is 19.3. The third-order valence-corrected chi connectivity index (χ3v) is 15.0. The molecule has 0 aliphatic heterocycles. The maximum absolute atomic E-state index is 5.39. The molecule has 15 rings (SSSR count). The average Bonchev–Trinajstić information content (AvgIpc) is 4.15. The van der Waals surface area contributed by atoms with Gasteiger partial charge in [0, 0.05) is 71.5 Å². The van der Waals surface area contributed by atoms with Crippen LogP contribution in [0.15, 0.2) is 273 Å². The lowest BCUT2D eigenvalue weighted by atomic mass is 9.91. The monoisotopic (exact) mass is 955 g/mol. The normalized spacial score (nSPS) is 11.7. The topological polar surface area (TPSA) is 40.6 Å². The van der Waals surface area contributed by atoms with Crippen molar-refractivity contribution in [2.75, 3.05) is 0 Å². The minimum atomic E-state index is 0.680. The second-order valence-electron chi connectivity index (χ2n) is 19.3. The Bertz CT molecular complexity index is 4290. The summed E-state index contributed by atoms with van der Waals surface area (Å²) >= 11 is 0. The Morgan fingerprint density at radius 2 is 0.560 bits per heavy atom. The number of rotatable bonds is 8. The summed E-state index contributed by atoms with van der Waals surface area (Å²) in [5, 5.41) is 7.26. The first-order valence-corrected chi connectivity index (χ1v) is 25.6. The number of aromatic nitrogens is 5. The standard InChI is InChI=1S/C70H45N5/c1-5-21-46(22-6-1)57-41-50(62-45-61(48-25-9-3-10-26-48)71-70(72-62)49-27-11-4-12-28-49)42-58(47-23-7-2-8-24-47)69(57)75-67-39-37-51(73-63-33-17-13-29-53(63)54-30-14-18-34-64(54)73)43-59(67)60-44-52(38-40-68(60)75)74-65-35-19-15-31-55(65)56-32-16-20-36-66(56)74/h1-45H. The van der Waals surface area contributed by atoms with Gasteiger partial charge >= 0.3 is 0 Å². The first-order chi connectivity index (χ1) is 37.2. The maximum atomic E-state index is 5.39. The second kappa shape index (κ2) is 17.3. The van der Waals surface area contributed by atoms with E-state index in [2.05, 4.69) is 262 Å². The molecular formula is C70H45N5. The van der Waals surface area contributed by atoms with Crippen molar-refractivity contribution < 1.29 is 0 Å². The van der Waals surface area contributed by atoms with Crippen molar-refractivity contribution >= 4 is 65.4 Å². The molecule has 0 saturated heterocycles. The van der Waals surface area contributed by atoms with Gasteiger partial charge < -0.3 is 13.7 Å². The lowest BCUT2D eigenvalue weighted by molar-refractivity contribution is 1.16. The molecule has 15 aromatic rings. The SMILES string of the molecule is c1ccc(-c2cc(-c3cc(-c4ccccc4)c(-n4c5ccc(-n6c7ccccc7c7ccccc76)cc5c5cc(-n6c7ccccc7c7ccccc76)ccc54)c(-c4ccccc4)c3)nc(-c3ccccc3)n2)cc1. The molecule has 5 nitrogen and oxygen atoms in total. The van der Waals surface area contributed by atoms with Crippen LogP contribution in [0, 0.1) is 0 Å². The average molecular weight is 956 g/mol. The van der Waals surface area contributed by atoms with Crippen LogP contribution in [-0.2, 0) is 0 Å². The molecule has 4 aromatic heterocycles. The van der Waals surface area contributed by atoms with Gasteiger partial charge in [0.2, 0.25) is 0 Å². The van der Waals surface area contributed by atoms with Crippen molar-refractivity contribution in [3.8, 4) is 73.2 Å². The fourth-order valence-corrected chi connectivity index (χ4v) is 11.7. The number of hydrogen-bond acceptors (Lipinski definition) is 2. The molecule has 11 aromatic carbocycles. The van der Waals surface area contributed by atoms with Gasteiger partial charge in [0.05, 0.1) is 50.2 Å². The molecule has 4 heterocycles. The Morgan fingerprint density at radius 3 is 0.973 bits per heavy atom. The third-order valence-electron chi connectivity index (χ3n) is 15.0. The Kier molecular flexibility index (Phi) is 9.82. The van der Waals surface area contributed by atoms with Gasteiger partial charge in [-0.3, -0.25) is 0 Å². The largest absolute Gasteiger partial charge is 0.309 e. The van der Waals surface area contributed by atoms with Crippen LogP contribution in [0.5, 0.6) is 0 Å². The predicted octanol–water partition coefficient (Wildman–Crippen LogP) is 18.1. The second-order valence-corrected chi connectivity index (χ2v) is 19.3. The molecule has 75 heavy (non-hydrogen) atoms. The highest BCUT2D eigenvalue weighted by Crippen LogP contribution is 2.46. The van der Waals surface area contributed by atoms with Crippen LogP contribution in [0.2, 0.25) is 0 Å². The first kappa shape index (κ1) is 42.6. The number of nitrogens with zero attached hydrogens (tertiary/aromatic N) is 5. The highest BCUT2D eigenvalue weighted by molar-refractivity contribution is 6.15. The van der Waals surface area contributed by atoms with Crippen LogP contribution in [0.25, 0.3) is 139 Å². The molecule has 5 heteroatoms. The zero-order chi connectivity index (χ0) is 49.4. The molecule has 0 N–H and O–H groups in total. The van der Waals surface area contributed by atoms with E-state index in [-0.39, 0.29) is 0 Å². The first-order valence-electron chi connectivity index (χ1n) is 25.6. The molecule has 0 aliphatic rings. The minimum Gasteiger partial charge on any atom is -0.309 e. The predicted molar refractivity (Wildman–Crippen MR) is 312 cm³/mol. The van der Waals surface area contributed by atoms with Crippen LogP contribution < -0.4 is 0 Å². The Hall–Kier alpha value is -10.1. The molecule has 0 saturated carbocycles. The highest BCUT2D eigenvalue weighted by Gasteiger charge is 2.25. The van der Waals surface area contributed by atoms with E-state index in [0.29, 0.717) is 5.82 Å². The van der Waals surface area contributed by atoms with E-state index in [9.17, 15) is 0 Å². The maximum Gasteiger partial charge on any atom is 0.160 e. The Morgan fingerprint density at radius 1 is 0.227 bits per heavy atom. The van der Waals surface area contributed by atoms with Crippen molar-refractivity contribution in [1.29, 1.82) is 0 Å². The van der Waals surface area contributed by atoms with E-state index in [4.69, 9.17) is 9.97 Å². The van der Waals surface area contributed by atoms with Gasteiger partial charge in [-0.2, -0.15) is 0 Å². The van der Waals surface area contributed by atoms with Gasteiger partial charge in [-0.15, -0.1) is 0 Å². The highest BCUT2D eigenvalue weighted by atomic mass is 15.0. The molecule has 0 aliphatic carbocycles. The zero-order valence-electron chi connectivity index (χ0n) is 40.7. The Balaban J connectivity index is 1.05. The molecular weight excluding hydrogens is 911 g/mol. The van der Waals surface area contributed by atoms with Crippen LogP contribution in [0.4, 0.5) is 0 Å². The Labute approximate surface area is 433 Å². The molecule has 350 valence electrons. The summed E-state index contributed by atoms with van der Waals surface area (Å²) in [4.78, 5) is 10.6. The van der Waals surface area contributed by atoms with Crippen molar-refractivity contribution in [2.24, 2.45) is 0 Å². The van der Waals surface area contributed by atoms with Gasteiger partial charge in [-0.1, -0.05) is 194 Å². The van der Waals surface area contributed by atoms with Gasteiger partial charge in [-0.25, -0.2) is 9.97 Å². The molecule has 0 amide bonds. The summed E-state index contributed by atoms with van der Waals surface area (Å²) < 4.78 is 7.38. The number of benzene rings is 11. The van der Waals surface area contributed by atoms with Crippen LogP contribution >= 0.6 is 0 Å². The van der Waals surface area contributed by atoms with E-state index in [1.165, 1.54) is 43.6 Å². The van der Waals surface area contributed by atoms with E-state index in [0.717, 1.165) is 89.2 Å². The molecule has 0 unspecified atom stereocenters. The summed E-state index contributed by atoms with van der Waals surface area (Å²) in [5.74, 6) is 0.680. The summed E-state index contributed by atoms with van der Waals surface area (Å²) in [7, 11) is 0. The fraction of sp³-hybridized carbons (Fsp3) is 0. The number of fused-ring (bicyclic) bond motifs is 9. The molecule has 0 bridgehead atoms. The minimum absolute atomic E-state index is 0.680. The van der Waals surface area contributed by atoms with E-state index in [1.54, 1.807) is 0 Å². The molecule has 0 atom stereocenters. The lowest BCUT2D eigenvalue weighted by Gasteiger charge is -2.21. The number of para-hydroxylation sites is 4. The van der Waals surface area contributed by atoms with Gasteiger partial charge in [0.25, 0.3) is 0 Å². The molecule has 0 fully saturated rings. The van der Waals surface area contributed by atoms with Gasteiger partial charge in [0.1, 0.15) is 0 Å². The van der Waals surface area contributed by atoms with Crippen molar-refractivity contribution in [3.63, 3.8) is 0 Å². The van der Waals surface area contributed by atoms with Crippen LogP contribution in [0.3, 0.4) is 0 Å².